The molecule has 1 aromatic carbocycles. The van der Waals surface area contributed by atoms with Crippen molar-refractivity contribution in [1.29, 1.82) is 0 Å². The van der Waals surface area contributed by atoms with E-state index in [1.165, 1.54) is 0 Å². The van der Waals surface area contributed by atoms with E-state index in [0.717, 1.165) is 18.7 Å². The molecular formula is C19H19F3N4O. The molecule has 0 fully saturated rings. The molecule has 27 heavy (non-hydrogen) atoms. The number of hydrogen-bond acceptors (Lipinski definition) is 3. The lowest BCUT2D eigenvalue weighted by Gasteiger charge is -2.12. The van der Waals surface area contributed by atoms with E-state index < -0.39 is 17.8 Å². The summed E-state index contributed by atoms with van der Waals surface area (Å²) in [7, 11) is 0. The van der Waals surface area contributed by atoms with Crippen LogP contribution in [0.1, 0.15) is 36.3 Å². The number of amides is 1. The summed E-state index contributed by atoms with van der Waals surface area (Å²) in [6.07, 6.45) is -2.75. The van der Waals surface area contributed by atoms with Crippen molar-refractivity contribution in [3.8, 4) is 11.3 Å². The molecule has 0 saturated heterocycles. The van der Waals surface area contributed by atoms with Crippen molar-refractivity contribution in [2.24, 2.45) is 5.92 Å². The van der Waals surface area contributed by atoms with Gasteiger partial charge in [0.1, 0.15) is 5.56 Å². The number of alkyl halides is 3. The number of halogens is 3. The molecular weight excluding hydrogens is 357 g/mol. The molecule has 3 rings (SSSR count). The van der Waals surface area contributed by atoms with E-state index in [-0.39, 0.29) is 16.9 Å². The summed E-state index contributed by atoms with van der Waals surface area (Å²) >= 11 is 0. The lowest BCUT2D eigenvalue weighted by Crippen LogP contribution is -2.25. The zero-order valence-corrected chi connectivity index (χ0v) is 14.9. The predicted molar refractivity (Wildman–Crippen MR) is 95.2 cm³/mol. The fourth-order valence-electron chi connectivity index (χ4n) is 2.65. The van der Waals surface area contributed by atoms with Crippen LogP contribution in [-0.2, 0) is 6.18 Å². The molecule has 0 aliphatic carbocycles. The predicted octanol–water partition coefficient (Wildman–Crippen LogP) is 4.19. The largest absolute Gasteiger partial charge is 0.433 e. The van der Waals surface area contributed by atoms with Gasteiger partial charge in [0, 0.05) is 12.1 Å². The van der Waals surface area contributed by atoms with Crippen LogP contribution < -0.4 is 5.32 Å². The maximum Gasteiger partial charge on any atom is 0.433 e. The van der Waals surface area contributed by atoms with E-state index in [1.54, 1.807) is 30.3 Å². The normalized spacial score (nSPS) is 11.9. The topological polar surface area (TPSA) is 59.3 Å². The van der Waals surface area contributed by atoms with Crippen LogP contribution >= 0.6 is 0 Å². The molecule has 5 nitrogen and oxygen atoms in total. The minimum absolute atomic E-state index is 0.0158. The van der Waals surface area contributed by atoms with Crippen LogP contribution in [-0.4, -0.2) is 27.0 Å². The van der Waals surface area contributed by atoms with Gasteiger partial charge < -0.3 is 5.32 Å². The lowest BCUT2D eigenvalue weighted by atomic mass is 10.1. The van der Waals surface area contributed by atoms with Gasteiger partial charge in [-0.15, -0.1) is 0 Å². The number of rotatable bonds is 5. The van der Waals surface area contributed by atoms with Crippen LogP contribution in [0.2, 0.25) is 0 Å². The van der Waals surface area contributed by atoms with Gasteiger partial charge in [-0.25, -0.2) is 9.50 Å². The Bertz CT molecular complexity index is 949. The maximum atomic E-state index is 13.5. The molecule has 0 unspecified atom stereocenters. The third-order valence-corrected chi connectivity index (χ3v) is 4.08. The first-order valence-electron chi connectivity index (χ1n) is 8.57. The average Bonchev–Trinajstić information content (AvgIpc) is 3.04. The van der Waals surface area contributed by atoms with Crippen LogP contribution in [0.15, 0.2) is 42.6 Å². The Balaban J connectivity index is 2.08. The molecule has 2 aromatic heterocycles. The number of fused-ring (bicyclic) bond motifs is 1. The Morgan fingerprint density at radius 3 is 2.56 bits per heavy atom. The van der Waals surface area contributed by atoms with Crippen molar-refractivity contribution in [3.05, 3.63) is 53.9 Å². The average molecular weight is 376 g/mol. The molecule has 0 saturated carbocycles. The van der Waals surface area contributed by atoms with Crippen LogP contribution in [0.4, 0.5) is 13.2 Å². The van der Waals surface area contributed by atoms with Gasteiger partial charge in [0.25, 0.3) is 5.91 Å². The highest BCUT2D eigenvalue weighted by molar-refractivity contribution is 5.99. The van der Waals surface area contributed by atoms with E-state index in [1.807, 2.05) is 13.8 Å². The standard InChI is InChI=1S/C19H19F3N4O/c1-12(2)8-9-23-18(27)14-11-24-26-16(19(20,21)22)10-15(25-17(14)26)13-6-4-3-5-7-13/h3-7,10-12H,8-9H2,1-2H3,(H,23,27). The van der Waals surface area contributed by atoms with Crippen LogP contribution in [0.25, 0.3) is 16.9 Å². The number of carbonyl (C=O) groups excluding carboxylic acids is 1. The molecule has 142 valence electrons. The van der Waals surface area contributed by atoms with E-state index in [0.29, 0.717) is 22.5 Å². The van der Waals surface area contributed by atoms with Crippen molar-refractivity contribution in [1.82, 2.24) is 19.9 Å². The minimum atomic E-state index is -4.64. The molecule has 8 heteroatoms. The minimum Gasteiger partial charge on any atom is -0.352 e. The van der Waals surface area contributed by atoms with Gasteiger partial charge in [-0.1, -0.05) is 44.2 Å². The van der Waals surface area contributed by atoms with Gasteiger partial charge >= 0.3 is 6.18 Å². The molecule has 0 atom stereocenters. The van der Waals surface area contributed by atoms with Gasteiger partial charge in [-0.05, 0) is 18.4 Å². The molecule has 0 aliphatic heterocycles. The molecule has 0 bridgehead atoms. The quantitative estimate of drug-likeness (QED) is 0.726. The lowest BCUT2D eigenvalue weighted by molar-refractivity contribution is -0.142. The summed E-state index contributed by atoms with van der Waals surface area (Å²) in [6.45, 7) is 4.47. The molecule has 0 aliphatic rings. The highest BCUT2D eigenvalue weighted by atomic mass is 19.4. The number of nitrogens with one attached hydrogen (secondary N) is 1. The second kappa shape index (κ2) is 7.38. The smallest absolute Gasteiger partial charge is 0.352 e. The number of benzene rings is 1. The van der Waals surface area contributed by atoms with Gasteiger partial charge in [0.05, 0.1) is 11.9 Å². The number of hydrogen-bond donors (Lipinski definition) is 1. The summed E-state index contributed by atoms with van der Waals surface area (Å²) in [5, 5.41) is 6.47. The zero-order chi connectivity index (χ0) is 19.6. The SMILES string of the molecule is CC(C)CCNC(=O)c1cnn2c(C(F)(F)F)cc(-c3ccccc3)nc12. The van der Waals surface area contributed by atoms with E-state index in [9.17, 15) is 18.0 Å². The summed E-state index contributed by atoms with van der Waals surface area (Å²) < 4.78 is 41.2. The molecule has 2 heterocycles. The summed E-state index contributed by atoms with van der Waals surface area (Å²) in [4.78, 5) is 16.7. The van der Waals surface area contributed by atoms with Gasteiger partial charge in [-0.2, -0.15) is 18.3 Å². The van der Waals surface area contributed by atoms with E-state index in [2.05, 4.69) is 15.4 Å². The fourth-order valence-corrected chi connectivity index (χ4v) is 2.65. The van der Waals surface area contributed by atoms with Crippen molar-refractivity contribution >= 4 is 11.6 Å². The molecule has 1 N–H and O–H groups in total. The van der Waals surface area contributed by atoms with Crippen LogP contribution in [0.3, 0.4) is 0 Å². The second-order valence-corrected chi connectivity index (χ2v) is 6.62. The Hall–Kier alpha value is -2.90. The summed E-state index contributed by atoms with van der Waals surface area (Å²) in [5.41, 5.74) is -0.426. The first-order valence-corrected chi connectivity index (χ1v) is 8.57. The Kier molecular flexibility index (Phi) is 5.16. The first-order chi connectivity index (χ1) is 12.8. The van der Waals surface area contributed by atoms with Crippen molar-refractivity contribution in [2.75, 3.05) is 6.54 Å². The number of carbonyl (C=O) groups is 1. The third kappa shape index (κ3) is 4.10. The van der Waals surface area contributed by atoms with E-state index >= 15 is 0 Å². The van der Waals surface area contributed by atoms with Crippen LogP contribution in [0.5, 0.6) is 0 Å². The van der Waals surface area contributed by atoms with E-state index in [4.69, 9.17) is 0 Å². The first kappa shape index (κ1) is 18.9. The highest BCUT2D eigenvalue weighted by Crippen LogP contribution is 2.32. The van der Waals surface area contributed by atoms with Crippen molar-refractivity contribution in [3.63, 3.8) is 0 Å². The molecule has 3 aromatic rings. The summed E-state index contributed by atoms with van der Waals surface area (Å²) in [6, 6.07) is 9.46. The van der Waals surface area contributed by atoms with Crippen LogP contribution in [0, 0.1) is 5.92 Å². The molecule has 1 amide bonds. The second-order valence-electron chi connectivity index (χ2n) is 6.62. The summed E-state index contributed by atoms with van der Waals surface area (Å²) in [5.74, 6) is -0.0923. The van der Waals surface area contributed by atoms with Crippen molar-refractivity contribution in [2.45, 2.75) is 26.4 Å². The number of nitrogens with zero attached hydrogens (tertiary/aromatic N) is 3. The van der Waals surface area contributed by atoms with Gasteiger partial charge in [-0.3, -0.25) is 4.79 Å². The van der Waals surface area contributed by atoms with Crippen molar-refractivity contribution < 1.29 is 18.0 Å². The van der Waals surface area contributed by atoms with Gasteiger partial charge in [0.2, 0.25) is 0 Å². The van der Waals surface area contributed by atoms with Gasteiger partial charge in [0.15, 0.2) is 11.3 Å². The Labute approximate surface area is 154 Å². The molecule has 0 spiro atoms. The number of aromatic nitrogens is 3. The Morgan fingerprint density at radius 1 is 1.22 bits per heavy atom. The Morgan fingerprint density at radius 2 is 1.93 bits per heavy atom. The zero-order valence-electron chi connectivity index (χ0n) is 14.9. The highest BCUT2D eigenvalue weighted by Gasteiger charge is 2.36. The monoisotopic (exact) mass is 376 g/mol. The fraction of sp³-hybridized carbons (Fsp3) is 0.316. The molecule has 0 radical (unpaired) electrons. The third-order valence-electron chi connectivity index (χ3n) is 4.08. The maximum absolute atomic E-state index is 13.5.